The zero-order valence-electron chi connectivity index (χ0n) is 17.3. The number of likely N-dealkylation sites (tertiary alicyclic amines) is 2. The molecular weight excluding hydrogens is 344 g/mol. The molecule has 0 bridgehead atoms. The molecular formula is C20H32N4O3. The lowest BCUT2D eigenvalue weighted by Gasteiger charge is -2.30. The number of nitrogens with zero attached hydrogens (tertiary/aromatic N) is 3. The van der Waals surface area contributed by atoms with Crippen LogP contribution in [0.25, 0.3) is 0 Å². The van der Waals surface area contributed by atoms with Crippen LogP contribution in [-0.2, 0) is 14.4 Å². The second-order valence-electron chi connectivity index (χ2n) is 8.80. The van der Waals surface area contributed by atoms with E-state index in [1.807, 2.05) is 46.7 Å². The third-order valence-corrected chi connectivity index (χ3v) is 6.04. The molecule has 2 saturated heterocycles. The lowest BCUT2D eigenvalue weighted by molar-refractivity contribution is -0.143. The van der Waals surface area contributed by atoms with Crippen molar-refractivity contribution in [2.24, 2.45) is 17.1 Å². The van der Waals surface area contributed by atoms with Gasteiger partial charge in [-0.1, -0.05) is 19.8 Å². The SMILES string of the molecule is CC(C)[C@@H](C(N)=O)N1CC[C@@]2(CCN(C(=O)C#CC(C)(C)N(C)C)C2)C1=O. The highest BCUT2D eigenvalue weighted by Crippen LogP contribution is 2.42. The maximum absolute atomic E-state index is 13.1. The second-order valence-corrected chi connectivity index (χ2v) is 8.80. The first kappa shape index (κ1) is 21.2. The summed E-state index contributed by atoms with van der Waals surface area (Å²) in [4.78, 5) is 42.7. The minimum atomic E-state index is -0.600. The van der Waals surface area contributed by atoms with Crippen molar-refractivity contribution in [3.8, 4) is 11.8 Å². The highest BCUT2D eigenvalue weighted by atomic mass is 16.2. The lowest BCUT2D eigenvalue weighted by atomic mass is 9.85. The molecule has 2 heterocycles. The minimum Gasteiger partial charge on any atom is -0.368 e. The first-order valence-corrected chi connectivity index (χ1v) is 9.51. The number of carbonyl (C=O) groups excluding carboxylic acids is 3. The second kappa shape index (κ2) is 7.51. The van der Waals surface area contributed by atoms with E-state index in [-0.39, 0.29) is 17.7 Å². The molecule has 7 nitrogen and oxygen atoms in total. The van der Waals surface area contributed by atoms with Crippen molar-refractivity contribution in [2.75, 3.05) is 33.7 Å². The molecule has 0 aliphatic carbocycles. The van der Waals surface area contributed by atoms with Crippen LogP contribution in [-0.4, -0.2) is 77.7 Å². The average molecular weight is 377 g/mol. The Morgan fingerprint density at radius 1 is 1.22 bits per heavy atom. The molecule has 0 radical (unpaired) electrons. The molecule has 2 aliphatic rings. The van der Waals surface area contributed by atoms with E-state index in [1.54, 1.807) is 9.80 Å². The van der Waals surface area contributed by atoms with Crippen LogP contribution >= 0.6 is 0 Å². The number of hydrogen-bond donors (Lipinski definition) is 1. The highest BCUT2D eigenvalue weighted by Gasteiger charge is 2.53. The fourth-order valence-electron chi connectivity index (χ4n) is 3.78. The van der Waals surface area contributed by atoms with Gasteiger partial charge < -0.3 is 15.5 Å². The first-order valence-electron chi connectivity index (χ1n) is 9.51. The third-order valence-electron chi connectivity index (χ3n) is 6.04. The van der Waals surface area contributed by atoms with E-state index in [4.69, 9.17) is 5.73 Å². The number of rotatable bonds is 4. The lowest BCUT2D eigenvalue weighted by Crippen LogP contribution is -2.50. The summed E-state index contributed by atoms with van der Waals surface area (Å²) in [7, 11) is 3.83. The number of carbonyl (C=O) groups is 3. The largest absolute Gasteiger partial charge is 0.368 e. The maximum atomic E-state index is 13.1. The summed E-state index contributed by atoms with van der Waals surface area (Å²) in [6, 6.07) is -0.595. The summed E-state index contributed by atoms with van der Waals surface area (Å²) in [5.74, 6) is 4.92. The Bertz CT molecular complexity index is 689. The number of hydrogen-bond acceptors (Lipinski definition) is 4. The molecule has 0 aromatic carbocycles. The molecule has 2 atom stereocenters. The van der Waals surface area contributed by atoms with Crippen molar-refractivity contribution in [3.63, 3.8) is 0 Å². The Balaban J connectivity index is 2.11. The van der Waals surface area contributed by atoms with Crippen LogP contribution in [0.1, 0.15) is 40.5 Å². The predicted molar refractivity (Wildman–Crippen MR) is 103 cm³/mol. The van der Waals surface area contributed by atoms with Gasteiger partial charge in [0.15, 0.2) is 0 Å². The molecule has 2 aliphatic heterocycles. The van der Waals surface area contributed by atoms with Crippen molar-refractivity contribution in [3.05, 3.63) is 0 Å². The predicted octanol–water partition coefficient (Wildman–Crippen LogP) is 0.291. The molecule has 150 valence electrons. The van der Waals surface area contributed by atoms with E-state index in [1.165, 1.54) is 0 Å². The van der Waals surface area contributed by atoms with Gasteiger partial charge >= 0.3 is 0 Å². The van der Waals surface area contributed by atoms with Gasteiger partial charge in [0.2, 0.25) is 11.8 Å². The smallest absolute Gasteiger partial charge is 0.298 e. The first-order chi connectivity index (χ1) is 12.4. The summed E-state index contributed by atoms with van der Waals surface area (Å²) in [6.07, 6.45) is 1.25. The van der Waals surface area contributed by atoms with E-state index < -0.39 is 22.9 Å². The number of amides is 3. The van der Waals surface area contributed by atoms with Crippen LogP contribution in [0.2, 0.25) is 0 Å². The fraction of sp³-hybridized carbons (Fsp3) is 0.750. The van der Waals surface area contributed by atoms with Gasteiger partial charge in [0.1, 0.15) is 6.04 Å². The molecule has 0 saturated carbocycles. The van der Waals surface area contributed by atoms with E-state index >= 15 is 0 Å². The van der Waals surface area contributed by atoms with Gasteiger partial charge in [-0.2, -0.15) is 0 Å². The summed E-state index contributed by atoms with van der Waals surface area (Å²) >= 11 is 0. The Labute approximate surface area is 162 Å². The van der Waals surface area contributed by atoms with Crippen LogP contribution in [0.3, 0.4) is 0 Å². The van der Waals surface area contributed by atoms with E-state index in [0.29, 0.717) is 32.5 Å². The Hall–Kier alpha value is -2.07. The minimum absolute atomic E-state index is 0.0418. The fourth-order valence-corrected chi connectivity index (χ4v) is 3.78. The monoisotopic (exact) mass is 376 g/mol. The molecule has 2 rings (SSSR count). The molecule has 0 aromatic rings. The summed E-state index contributed by atoms with van der Waals surface area (Å²) in [6.45, 7) is 9.06. The Morgan fingerprint density at radius 3 is 2.33 bits per heavy atom. The van der Waals surface area contributed by atoms with Gasteiger partial charge in [-0.25, -0.2) is 0 Å². The zero-order chi connectivity index (χ0) is 20.6. The Morgan fingerprint density at radius 2 is 1.81 bits per heavy atom. The molecule has 7 heteroatoms. The molecule has 0 unspecified atom stereocenters. The third kappa shape index (κ3) is 4.11. The van der Waals surface area contributed by atoms with Gasteiger partial charge in [-0.05, 0) is 52.6 Å². The van der Waals surface area contributed by atoms with Crippen molar-refractivity contribution < 1.29 is 14.4 Å². The molecule has 27 heavy (non-hydrogen) atoms. The number of nitrogens with two attached hydrogens (primary N) is 1. The van der Waals surface area contributed by atoms with Crippen LogP contribution in [0.15, 0.2) is 0 Å². The number of primary amides is 1. The zero-order valence-corrected chi connectivity index (χ0v) is 17.3. The molecule has 1 spiro atoms. The summed E-state index contributed by atoms with van der Waals surface area (Å²) < 4.78 is 0. The summed E-state index contributed by atoms with van der Waals surface area (Å²) in [5, 5.41) is 0. The van der Waals surface area contributed by atoms with Crippen molar-refractivity contribution in [2.45, 2.75) is 52.1 Å². The van der Waals surface area contributed by atoms with Gasteiger partial charge in [0.25, 0.3) is 5.91 Å². The normalized spacial score (nSPS) is 23.9. The van der Waals surface area contributed by atoms with Crippen LogP contribution in [0, 0.1) is 23.2 Å². The maximum Gasteiger partial charge on any atom is 0.298 e. The van der Waals surface area contributed by atoms with E-state index in [9.17, 15) is 14.4 Å². The molecule has 3 amide bonds. The van der Waals surface area contributed by atoms with Crippen molar-refractivity contribution in [1.29, 1.82) is 0 Å². The van der Waals surface area contributed by atoms with Crippen LogP contribution in [0.4, 0.5) is 0 Å². The molecule has 2 fully saturated rings. The molecule has 2 N–H and O–H groups in total. The van der Waals surface area contributed by atoms with E-state index in [2.05, 4.69) is 11.8 Å². The summed E-state index contributed by atoms with van der Waals surface area (Å²) in [5.41, 5.74) is 4.52. The van der Waals surface area contributed by atoms with Gasteiger partial charge in [-0.15, -0.1) is 0 Å². The quantitative estimate of drug-likeness (QED) is 0.715. The molecule has 0 aromatic heterocycles. The van der Waals surface area contributed by atoms with Crippen molar-refractivity contribution in [1.82, 2.24) is 14.7 Å². The van der Waals surface area contributed by atoms with Crippen LogP contribution < -0.4 is 5.73 Å². The average Bonchev–Trinajstić information content (AvgIpc) is 3.12. The van der Waals surface area contributed by atoms with Gasteiger partial charge in [0, 0.05) is 19.6 Å². The van der Waals surface area contributed by atoms with Crippen molar-refractivity contribution >= 4 is 17.7 Å². The van der Waals surface area contributed by atoms with Crippen LogP contribution in [0.5, 0.6) is 0 Å². The standard InChI is InChI=1S/C20H32N4O3/c1-14(2)16(17(21)26)24-12-10-20(18(24)27)9-11-23(13-20)15(25)7-8-19(3,4)22(5)6/h14,16H,9-13H2,1-6H3,(H2,21,26)/t16-,20+/m0/s1. The van der Waals surface area contributed by atoms with Gasteiger partial charge in [0.05, 0.1) is 11.0 Å². The van der Waals surface area contributed by atoms with Gasteiger partial charge in [-0.3, -0.25) is 19.3 Å². The topological polar surface area (TPSA) is 87.0 Å². The Kier molecular flexibility index (Phi) is 5.91. The highest BCUT2D eigenvalue weighted by molar-refractivity contribution is 5.96. The van der Waals surface area contributed by atoms with E-state index in [0.717, 1.165) is 0 Å².